The first kappa shape index (κ1) is 53.9. The highest BCUT2D eigenvalue weighted by Crippen LogP contribution is 2.42. The van der Waals surface area contributed by atoms with Crippen molar-refractivity contribution in [2.45, 2.75) is 0 Å². The van der Waals surface area contributed by atoms with E-state index in [2.05, 4.69) is 373 Å². The molecule has 15 rings (SSSR count). The van der Waals surface area contributed by atoms with Gasteiger partial charge in [-0.05, 0) is 187 Å². The molecular formula is C86H61N3. The minimum absolute atomic E-state index is 1.06. The third-order valence-corrected chi connectivity index (χ3v) is 17.2. The molecule has 0 aliphatic heterocycles. The van der Waals surface area contributed by atoms with Crippen LogP contribution in [0.3, 0.4) is 0 Å². The maximum atomic E-state index is 3.92. The first-order chi connectivity index (χ1) is 44.0. The smallest absolute Gasteiger partial charge is 0.0541 e. The Balaban J connectivity index is 0.725. The third kappa shape index (κ3) is 10.9. The lowest BCUT2D eigenvalue weighted by molar-refractivity contribution is 1.18. The van der Waals surface area contributed by atoms with Crippen LogP contribution >= 0.6 is 0 Å². The molecule has 0 atom stereocenters. The predicted molar refractivity (Wildman–Crippen MR) is 378 cm³/mol. The number of para-hydroxylation sites is 2. The average molecular weight is 1140 g/mol. The minimum atomic E-state index is 1.06. The highest BCUT2D eigenvalue weighted by atomic mass is 15.1. The molecule has 0 amide bonds. The third-order valence-electron chi connectivity index (χ3n) is 17.2. The fraction of sp³-hybridized carbons (Fsp3) is 0. The van der Waals surface area contributed by atoms with Gasteiger partial charge >= 0.3 is 0 Å². The van der Waals surface area contributed by atoms with E-state index in [1.165, 1.54) is 71.9 Å². The van der Waals surface area contributed by atoms with E-state index in [0.29, 0.717) is 0 Å². The van der Waals surface area contributed by atoms with E-state index < -0.39 is 0 Å². The molecule has 0 aliphatic carbocycles. The van der Waals surface area contributed by atoms with Crippen LogP contribution in [0.15, 0.2) is 358 Å². The Hall–Kier alpha value is -11.8. The quantitative estimate of drug-likeness (QED) is 0.101. The van der Waals surface area contributed by atoms with Gasteiger partial charge in [-0.3, -0.25) is 0 Å². The summed E-state index contributed by atoms with van der Waals surface area (Å²) >= 11 is 0. The van der Waals surface area contributed by atoms with Crippen LogP contribution in [-0.4, -0.2) is 4.57 Å². The van der Waals surface area contributed by atoms with Crippen molar-refractivity contribution < 1.29 is 0 Å². The van der Waals surface area contributed by atoms with Crippen molar-refractivity contribution in [1.29, 1.82) is 0 Å². The van der Waals surface area contributed by atoms with Crippen molar-refractivity contribution in [1.82, 2.24) is 4.57 Å². The number of rotatable bonds is 15. The Kier molecular flexibility index (Phi) is 14.5. The van der Waals surface area contributed by atoms with Crippen molar-refractivity contribution in [3.8, 4) is 83.6 Å². The standard InChI is InChI=1S/C86H61N3/c1-2-61-22-24-64(25-23-61)65-26-28-66(29-27-65)70-38-51-79(52-39-70)88(80-53-40-71(41-54-80)67-30-32-74(33-31-67)75-46-59-86-84(60-75)83-20-12-13-21-85(83)89(86)76-18-10-5-11-19-76)82-57-44-73(45-58-82)72-42-55-81(56-43-72)87(77-47-34-68(35-48-77)62-14-6-3-7-15-62)78-49-36-69(37-50-78)63-16-8-4-9-17-63/h2-60H,1H2. The average Bonchev–Trinajstić information content (AvgIpc) is 1.91. The molecule has 0 bridgehead atoms. The van der Waals surface area contributed by atoms with Crippen molar-refractivity contribution in [2.24, 2.45) is 0 Å². The van der Waals surface area contributed by atoms with E-state index in [1.54, 1.807) is 0 Å². The van der Waals surface area contributed by atoms with Crippen molar-refractivity contribution in [3.63, 3.8) is 0 Å². The predicted octanol–water partition coefficient (Wildman–Crippen LogP) is 24.0. The van der Waals surface area contributed by atoms with Crippen LogP contribution in [0.5, 0.6) is 0 Å². The number of hydrogen-bond acceptors (Lipinski definition) is 2. The molecule has 0 N–H and O–H groups in total. The molecule has 0 aliphatic rings. The second-order valence-corrected chi connectivity index (χ2v) is 22.6. The molecule has 0 spiro atoms. The number of nitrogens with zero attached hydrogens (tertiary/aromatic N) is 3. The van der Waals surface area contributed by atoms with Gasteiger partial charge in [0.15, 0.2) is 0 Å². The normalized spacial score (nSPS) is 11.2. The molecule has 0 saturated carbocycles. The van der Waals surface area contributed by atoms with Crippen LogP contribution in [0.4, 0.5) is 34.1 Å². The first-order valence-corrected chi connectivity index (χ1v) is 30.4. The molecule has 1 heterocycles. The zero-order chi connectivity index (χ0) is 59.5. The minimum Gasteiger partial charge on any atom is -0.311 e. The lowest BCUT2D eigenvalue weighted by Gasteiger charge is -2.27. The molecule has 89 heavy (non-hydrogen) atoms. The highest BCUT2D eigenvalue weighted by molar-refractivity contribution is 6.10. The Morgan fingerprint density at radius 3 is 0.798 bits per heavy atom. The van der Waals surface area contributed by atoms with Crippen molar-refractivity contribution >= 4 is 62.0 Å². The number of aromatic nitrogens is 1. The maximum Gasteiger partial charge on any atom is 0.0541 e. The van der Waals surface area contributed by atoms with E-state index in [-0.39, 0.29) is 0 Å². The van der Waals surface area contributed by atoms with Crippen LogP contribution < -0.4 is 9.80 Å². The summed E-state index contributed by atoms with van der Waals surface area (Å²) in [6, 6.07) is 127. The van der Waals surface area contributed by atoms with E-state index in [0.717, 1.165) is 73.2 Å². The van der Waals surface area contributed by atoms with Crippen LogP contribution in [0.2, 0.25) is 0 Å². The molecule has 1 aromatic heterocycles. The number of anilines is 6. The zero-order valence-electron chi connectivity index (χ0n) is 49.1. The summed E-state index contributed by atoms with van der Waals surface area (Å²) in [7, 11) is 0. The molecule has 420 valence electrons. The molecule has 0 saturated heterocycles. The van der Waals surface area contributed by atoms with Gasteiger partial charge in [-0.2, -0.15) is 0 Å². The van der Waals surface area contributed by atoms with E-state index in [4.69, 9.17) is 0 Å². The summed E-state index contributed by atoms with van der Waals surface area (Å²) in [6.07, 6.45) is 1.88. The van der Waals surface area contributed by atoms with Gasteiger partial charge in [-0.15, -0.1) is 0 Å². The summed E-state index contributed by atoms with van der Waals surface area (Å²) in [5.74, 6) is 0. The monoisotopic (exact) mass is 1140 g/mol. The zero-order valence-corrected chi connectivity index (χ0v) is 49.1. The maximum absolute atomic E-state index is 3.92. The summed E-state index contributed by atoms with van der Waals surface area (Å²) in [4.78, 5) is 4.70. The topological polar surface area (TPSA) is 11.4 Å². The Morgan fingerprint density at radius 1 is 0.213 bits per heavy atom. The second-order valence-electron chi connectivity index (χ2n) is 22.6. The Bertz CT molecular complexity index is 4820. The van der Waals surface area contributed by atoms with Crippen molar-refractivity contribution in [2.75, 3.05) is 9.80 Å². The Labute approximate surface area is 520 Å². The molecule has 3 nitrogen and oxygen atoms in total. The molecule has 0 radical (unpaired) electrons. The number of fused-ring (bicyclic) bond motifs is 3. The van der Waals surface area contributed by atoms with E-state index >= 15 is 0 Å². The van der Waals surface area contributed by atoms with Gasteiger partial charge in [0.2, 0.25) is 0 Å². The van der Waals surface area contributed by atoms with Crippen LogP contribution in [-0.2, 0) is 0 Å². The Morgan fingerprint density at radius 2 is 0.461 bits per heavy atom. The number of hydrogen-bond donors (Lipinski definition) is 0. The summed E-state index contributed by atoms with van der Waals surface area (Å²) < 4.78 is 2.37. The molecular weight excluding hydrogens is 1070 g/mol. The second kappa shape index (κ2) is 23.9. The fourth-order valence-corrected chi connectivity index (χ4v) is 12.5. The molecule has 15 aromatic rings. The summed E-state index contributed by atoms with van der Waals surface area (Å²) in [6.45, 7) is 3.92. The lowest BCUT2D eigenvalue weighted by atomic mass is 9.98. The lowest BCUT2D eigenvalue weighted by Crippen LogP contribution is -2.10. The molecule has 0 fully saturated rings. The van der Waals surface area contributed by atoms with Gasteiger partial charge in [0.05, 0.1) is 11.0 Å². The van der Waals surface area contributed by atoms with Gasteiger partial charge in [-0.1, -0.05) is 261 Å². The number of benzene rings is 14. The molecule has 14 aromatic carbocycles. The van der Waals surface area contributed by atoms with Gasteiger partial charge in [0.25, 0.3) is 0 Å². The van der Waals surface area contributed by atoms with Crippen molar-refractivity contribution in [3.05, 3.63) is 364 Å². The van der Waals surface area contributed by atoms with Gasteiger partial charge in [0.1, 0.15) is 0 Å². The fourth-order valence-electron chi connectivity index (χ4n) is 12.5. The molecule has 0 unspecified atom stereocenters. The largest absolute Gasteiger partial charge is 0.311 e. The van der Waals surface area contributed by atoms with E-state index in [1.807, 2.05) is 6.08 Å². The first-order valence-electron chi connectivity index (χ1n) is 30.4. The van der Waals surface area contributed by atoms with Crippen LogP contribution in [0.25, 0.3) is 111 Å². The SMILES string of the molecule is C=Cc1ccc(-c2ccc(-c3ccc(N(c4ccc(-c5ccc(-c6ccc7c(c6)c6ccccc6n7-c6ccccc6)cc5)cc4)c4ccc(-c5ccc(N(c6ccc(-c7ccccc7)cc6)c6ccc(-c7ccccc7)cc6)cc5)cc4)cc3)cc2)cc1. The van der Waals surface area contributed by atoms with Crippen LogP contribution in [0, 0.1) is 0 Å². The van der Waals surface area contributed by atoms with Gasteiger partial charge < -0.3 is 14.4 Å². The molecule has 3 heteroatoms. The summed E-state index contributed by atoms with van der Waals surface area (Å²) in [5, 5.41) is 2.50. The van der Waals surface area contributed by atoms with E-state index in [9.17, 15) is 0 Å². The van der Waals surface area contributed by atoms with Crippen LogP contribution in [0.1, 0.15) is 5.56 Å². The summed E-state index contributed by atoms with van der Waals surface area (Å²) in [5.41, 5.74) is 27.6. The van der Waals surface area contributed by atoms with Gasteiger partial charge in [-0.25, -0.2) is 0 Å². The van der Waals surface area contributed by atoms with Gasteiger partial charge in [0, 0.05) is 50.6 Å². The highest BCUT2D eigenvalue weighted by Gasteiger charge is 2.18.